The van der Waals surface area contributed by atoms with Crippen molar-refractivity contribution in [3.63, 3.8) is 0 Å². The molecular formula is C19H22N4O2. The van der Waals surface area contributed by atoms with Crippen molar-refractivity contribution in [1.29, 1.82) is 0 Å². The van der Waals surface area contributed by atoms with Crippen molar-refractivity contribution in [2.24, 2.45) is 0 Å². The van der Waals surface area contributed by atoms with Crippen LogP contribution in [0.1, 0.15) is 17.2 Å². The molecule has 3 aromatic rings. The Balaban J connectivity index is 1.93. The summed E-state index contributed by atoms with van der Waals surface area (Å²) in [5.74, 6) is 3.27. The van der Waals surface area contributed by atoms with Crippen LogP contribution < -0.4 is 14.8 Å². The second-order valence-corrected chi connectivity index (χ2v) is 5.57. The minimum absolute atomic E-state index is 0.615. The lowest BCUT2D eigenvalue weighted by Crippen LogP contribution is -2.12. The molecule has 0 unspecified atom stereocenters. The Bertz CT molecular complexity index is 828. The number of ether oxygens (including phenoxy) is 2. The maximum atomic E-state index is 5.42. The van der Waals surface area contributed by atoms with Gasteiger partial charge in [-0.15, -0.1) is 0 Å². The van der Waals surface area contributed by atoms with Crippen molar-refractivity contribution in [3.8, 4) is 17.2 Å². The summed E-state index contributed by atoms with van der Waals surface area (Å²) in [6, 6.07) is 15.7. The van der Waals surface area contributed by atoms with Crippen LogP contribution in [0.3, 0.4) is 0 Å². The largest absolute Gasteiger partial charge is 0.497 e. The predicted molar refractivity (Wildman–Crippen MR) is 96.5 cm³/mol. The molecular weight excluding hydrogens is 316 g/mol. The molecule has 6 nitrogen and oxygen atoms in total. The van der Waals surface area contributed by atoms with Crippen LogP contribution in [0.15, 0.2) is 48.5 Å². The van der Waals surface area contributed by atoms with Gasteiger partial charge in [-0.2, -0.15) is 5.10 Å². The fraction of sp³-hybridized carbons (Fsp3) is 0.263. The first-order chi connectivity index (χ1) is 12.2. The lowest BCUT2D eigenvalue weighted by Gasteiger charge is -2.06. The number of nitrogens with one attached hydrogen (secondary N) is 1. The molecule has 25 heavy (non-hydrogen) atoms. The minimum atomic E-state index is 0.615. The van der Waals surface area contributed by atoms with Gasteiger partial charge >= 0.3 is 0 Å². The number of hydrogen-bond donors (Lipinski definition) is 1. The van der Waals surface area contributed by atoms with Crippen LogP contribution in [0.5, 0.6) is 11.5 Å². The molecule has 0 fully saturated rings. The van der Waals surface area contributed by atoms with Crippen LogP contribution in [0.4, 0.5) is 0 Å². The van der Waals surface area contributed by atoms with Crippen molar-refractivity contribution in [2.45, 2.75) is 13.0 Å². The highest BCUT2D eigenvalue weighted by Gasteiger charge is 2.13. The fourth-order valence-electron chi connectivity index (χ4n) is 2.69. The first-order valence-electron chi connectivity index (χ1n) is 8.11. The summed E-state index contributed by atoms with van der Waals surface area (Å²) in [6.45, 7) is 0.630. The van der Waals surface area contributed by atoms with Crippen LogP contribution in [0, 0.1) is 0 Å². The SMILES string of the molecule is CNCc1nc(Cc2ccccc2OC)nn1-c1ccc(OC)cc1. The molecule has 130 valence electrons. The molecule has 0 aliphatic carbocycles. The van der Waals surface area contributed by atoms with Gasteiger partial charge in [0.05, 0.1) is 26.5 Å². The zero-order valence-electron chi connectivity index (χ0n) is 14.7. The maximum Gasteiger partial charge on any atom is 0.155 e. The van der Waals surface area contributed by atoms with Crippen molar-refractivity contribution in [1.82, 2.24) is 20.1 Å². The molecule has 0 aliphatic heterocycles. The summed E-state index contributed by atoms with van der Waals surface area (Å²) < 4.78 is 12.5. The van der Waals surface area contributed by atoms with Crippen molar-refractivity contribution >= 4 is 0 Å². The predicted octanol–water partition coefficient (Wildman–Crippen LogP) is 2.59. The molecule has 1 aromatic heterocycles. The number of benzene rings is 2. The van der Waals surface area contributed by atoms with Crippen LogP contribution in [0.25, 0.3) is 5.69 Å². The van der Waals surface area contributed by atoms with E-state index >= 15 is 0 Å². The van der Waals surface area contributed by atoms with Gasteiger partial charge < -0.3 is 14.8 Å². The molecule has 0 saturated carbocycles. The second-order valence-electron chi connectivity index (χ2n) is 5.57. The molecule has 0 radical (unpaired) electrons. The number of hydrogen-bond acceptors (Lipinski definition) is 5. The molecule has 3 rings (SSSR count). The summed E-state index contributed by atoms with van der Waals surface area (Å²) in [6.07, 6.45) is 0.615. The molecule has 0 bridgehead atoms. The molecule has 0 saturated heterocycles. The average Bonchev–Trinajstić information content (AvgIpc) is 3.05. The van der Waals surface area contributed by atoms with Crippen molar-refractivity contribution in [3.05, 3.63) is 65.7 Å². The normalized spacial score (nSPS) is 10.7. The minimum Gasteiger partial charge on any atom is -0.497 e. The third-order valence-electron chi connectivity index (χ3n) is 3.91. The van der Waals surface area contributed by atoms with E-state index in [4.69, 9.17) is 19.6 Å². The fourth-order valence-corrected chi connectivity index (χ4v) is 2.69. The highest BCUT2D eigenvalue weighted by molar-refractivity contribution is 5.38. The van der Waals surface area contributed by atoms with E-state index in [0.717, 1.165) is 34.4 Å². The molecule has 1 heterocycles. The van der Waals surface area contributed by atoms with E-state index in [1.54, 1.807) is 14.2 Å². The van der Waals surface area contributed by atoms with Crippen molar-refractivity contribution in [2.75, 3.05) is 21.3 Å². The summed E-state index contributed by atoms with van der Waals surface area (Å²) in [5.41, 5.74) is 2.01. The molecule has 0 aliphatic rings. The monoisotopic (exact) mass is 338 g/mol. The zero-order valence-corrected chi connectivity index (χ0v) is 14.7. The van der Waals surface area contributed by atoms with E-state index in [1.165, 1.54) is 0 Å². The van der Waals surface area contributed by atoms with Crippen LogP contribution in [0.2, 0.25) is 0 Å². The number of nitrogens with zero attached hydrogens (tertiary/aromatic N) is 3. The van der Waals surface area contributed by atoms with Gasteiger partial charge in [0.1, 0.15) is 17.3 Å². The number of aromatic nitrogens is 3. The number of methoxy groups -OCH3 is 2. The quantitative estimate of drug-likeness (QED) is 0.717. The molecule has 0 amide bonds. The molecule has 2 aromatic carbocycles. The van der Waals surface area contributed by atoms with E-state index < -0.39 is 0 Å². The van der Waals surface area contributed by atoms with Crippen LogP contribution >= 0.6 is 0 Å². The Morgan fingerprint density at radius 1 is 1.00 bits per heavy atom. The standard InChI is InChI=1S/C19H22N4O2/c1-20-13-19-21-18(12-14-6-4-5-7-17(14)25-3)22-23(19)15-8-10-16(24-2)11-9-15/h4-11,20H,12-13H2,1-3H3. The Morgan fingerprint density at radius 2 is 1.76 bits per heavy atom. The first kappa shape index (κ1) is 17.0. The second kappa shape index (κ2) is 7.81. The van der Waals surface area contributed by atoms with Gasteiger partial charge in [-0.25, -0.2) is 9.67 Å². The van der Waals surface area contributed by atoms with Gasteiger partial charge in [-0.3, -0.25) is 0 Å². The van der Waals surface area contributed by atoms with E-state index in [-0.39, 0.29) is 0 Å². The molecule has 0 spiro atoms. The number of rotatable bonds is 7. The average molecular weight is 338 g/mol. The van der Waals surface area contributed by atoms with Gasteiger partial charge in [-0.1, -0.05) is 18.2 Å². The molecule has 1 N–H and O–H groups in total. The summed E-state index contributed by atoms with van der Waals surface area (Å²) in [4.78, 5) is 4.69. The van der Waals surface area contributed by atoms with Crippen LogP contribution in [-0.4, -0.2) is 36.0 Å². The Labute approximate surface area is 147 Å². The van der Waals surface area contributed by atoms with E-state index in [0.29, 0.717) is 13.0 Å². The zero-order chi connectivity index (χ0) is 17.6. The lowest BCUT2D eigenvalue weighted by atomic mass is 10.1. The molecule has 0 atom stereocenters. The van der Waals surface area contributed by atoms with E-state index in [2.05, 4.69) is 5.32 Å². The Kier molecular flexibility index (Phi) is 5.30. The van der Waals surface area contributed by atoms with E-state index in [1.807, 2.05) is 60.3 Å². The van der Waals surface area contributed by atoms with Gasteiger partial charge in [0.25, 0.3) is 0 Å². The smallest absolute Gasteiger partial charge is 0.155 e. The highest BCUT2D eigenvalue weighted by Crippen LogP contribution is 2.21. The Morgan fingerprint density at radius 3 is 2.44 bits per heavy atom. The third-order valence-corrected chi connectivity index (χ3v) is 3.91. The topological polar surface area (TPSA) is 61.2 Å². The third kappa shape index (κ3) is 3.80. The van der Waals surface area contributed by atoms with Gasteiger partial charge in [-0.05, 0) is 37.4 Å². The lowest BCUT2D eigenvalue weighted by molar-refractivity contribution is 0.410. The van der Waals surface area contributed by atoms with Crippen molar-refractivity contribution < 1.29 is 9.47 Å². The summed E-state index contributed by atoms with van der Waals surface area (Å²) >= 11 is 0. The molecule has 6 heteroatoms. The first-order valence-corrected chi connectivity index (χ1v) is 8.11. The number of para-hydroxylation sites is 1. The van der Waals surface area contributed by atoms with Crippen LogP contribution in [-0.2, 0) is 13.0 Å². The summed E-state index contributed by atoms with van der Waals surface area (Å²) in [7, 11) is 5.23. The van der Waals surface area contributed by atoms with Gasteiger partial charge in [0.15, 0.2) is 5.82 Å². The van der Waals surface area contributed by atoms with E-state index in [9.17, 15) is 0 Å². The maximum absolute atomic E-state index is 5.42. The van der Waals surface area contributed by atoms with Gasteiger partial charge in [0, 0.05) is 12.0 Å². The van der Waals surface area contributed by atoms with Gasteiger partial charge in [0.2, 0.25) is 0 Å². The highest BCUT2D eigenvalue weighted by atomic mass is 16.5. The Hall–Kier alpha value is -2.86. The summed E-state index contributed by atoms with van der Waals surface area (Å²) in [5, 5.41) is 7.84.